The maximum atomic E-state index is 13.2. The summed E-state index contributed by atoms with van der Waals surface area (Å²) in [4.78, 5) is 15.2. The minimum absolute atomic E-state index is 0.0863. The van der Waals surface area contributed by atoms with E-state index in [4.69, 9.17) is 9.47 Å². The Bertz CT molecular complexity index is 1000. The van der Waals surface area contributed by atoms with E-state index in [1.54, 1.807) is 14.2 Å². The third-order valence-electron chi connectivity index (χ3n) is 5.83. The molecule has 1 amide bonds. The van der Waals surface area contributed by atoms with Crippen LogP contribution in [0.25, 0.3) is 0 Å². The lowest BCUT2D eigenvalue weighted by molar-refractivity contribution is -0.130. The van der Waals surface area contributed by atoms with Crippen LogP contribution in [0, 0.1) is 0 Å². The summed E-state index contributed by atoms with van der Waals surface area (Å²) in [6.07, 6.45) is 1.21. The molecule has 3 aromatic carbocycles. The number of hydrogen-bond donors (Lipinski definition) is 0. The van der Waals surface area contributed by atoms with Gasteiger partial charge in [-0.3, -0.25) is 4.79 Å². The summed E-state index contributed by atoms with van der Waals surface area (Å²) in [6.45, 7) is 1.34. The minimum Gasteiger partial charge on any atom is -0.493 e. The molecule has 30 heavy (non-hydrogen) atoms. The Morgan fingerprint density at radius 2 is 1.57 bits per heavy atom. The number of carbonyl (C=O) groups excluding carboxylic acids is 1. The monoisotopic (exact) mass is 401 g/mol. The van der Waals surface area contributed by atoms with Gasteiger partial charge in [0, 0.05) is 19.0 Å². The summed E-state index contributed by atoms with van der Waals surface area (Å²) in [7, 11) is 3.32. The second kappa shape index (κ2) is 9.04. The molecule has 0 N–H and O–H groups in total. The molecule has 0 spiro atoms. The molecule has 154 valence electrons. The van der Waals surface area contributed by atoms with E-state index in [0.717, 1.165) is 23.5 Å². The fraction of sp³-hybridized carbons (Fsp3) is 0.269. The molecule has 1 unspecified atom stereocenters. The normalized spacial score (nSPS) is 15.8. The van der Waals surface area contributed by atoms with Crippen LogP contribution in [0.5, 0.6) is 11.5 Å². The van der Waals surface area contributed by atoms with E-state index in [-0.39, 0.29) is 11.8 Å². The molecule has 1 heterocycles. The highest BCUT2D eigenvalue weighted by atomic mass is 16.5. The van der Waals surface area contributed by atoms with E-state index in [9.17, 15) is 4.79 Å². The minimum atomic E-state index is 0.0863. The quantitative estimate of drug-likeness (QED) is 0.633. The predicted molar refractivity (Wildman–Crippen MR) is 118 cm³/mol. The van der Waals surface area contributed by atoms with Crippen molar-refractivity contribution in [3.63, 3.8) is 0 Å². The summed E-state index contributed by atoms with van der Waals surface area (Å²) in [6, 6.07) is 24.5. The van der Waals surface area contributed by atoms with Crippen molar-refractivity contribution in [2.75, 3.05) is 27.3 Å². The average Bonchev–Trinajstić information content (AvgIpc) is 2.98. The largest absolute Gasteiger partial charge is 0.493 e. The summed E-state index contributed by atoms with van der Waals surface area (Å²) in [5.41, 5.74) is 4.65. The summed E-state index contributed by atoms with van der Waals surface area (Å²) in [5, 5.41) is 0. The van der Waals surface area contributed by atoms with E-state index in [1.165, 1.54) is 16.7 Å². The number of hydrogen-bond acceptors (Lipinski definition) is 3. The van der Waals surface area contributed by atoms with Crippen LogP contribution in [0.2, 0.25) is 0 Å². The number of benzene rings is 3. The van der Waals surface area contributed by atoms with Crippen LogP contribution in [0.1, 0.15) is 28.2 Å². The fourth-order valence-electron chi connectivity index (χ4n) is 4.22. The van der Waals surface area contributed by atoms with Crippen molar-refractivity contribution in [1.82, 2.24) is 4.90 Å². The van der Waals surface area contributed by atoms with Gasteiger partial charge in [-0.2, -0.15) is 0 Å². The molecule has 4 rings (SSSR count). The van der Waals surface area contributed by atoms with Crippen molar-refractivity contribution < 1.29 is 14.3 Å². The van der Waals surface area contributed by atoms with Crippen LogP contribution < -0.4 is 9.47 Å². The van der Waals surface area contributed by atoms with Crippen molar-refractivity contribution >= 4 is 5.91 Å². The van der Waals surface area contributed by atoms with E-state index < -0.39 is 0 Å². The Balaban J connectivity index is 1.70. The van der Waals surface area contributed by atoms with Gasteiger partial charge in [-0.1, -0.05) is 60.7 Å². The van der Waals surface area contributed by atoms with E-state index in [2.05, 4.69) is 36.4 Å². The van der Waals surface area contributed by atoms with E-state index in [0.29, 0.717) is 19.5 Å². The molecule has 0 saturated heterocycles. The van der Waals surface area contributed by atoms with Gasteiger partial charge < -0.3 is 14.4 Å². The molecule has 0 aromatic heterocycles. The standard InChI is InChI=1S/C26H27NO3/c1-29-24-16-21-13-14-27(26(28)15-19-9-5-3-6-10-19)18-23(20-11-7-4-8-12-20)22(21)17-25(24)30-2/h3-12,16-17,23H,13-15,18H2,1-2H3. The molecule has 0 bridgehead atoms. The summed E-state index contributed by atoms with van der Waals surface area (Å²) >= 11 is 0. The van der Waals surface area contributed by atoms with E-state index >= 15 is 0 Å². The lowest BCUT2D eigenvalue weighted by Gasteiger charge is -2.26. The molecule has 4 nitrogen and oxygen atoms in total. The highest BCUT2D eigenvalue weighted by Crippen LogP contribution is 2.38. The number of ether oxygens (including phenoxy) is 2. The van der Waals surface area contributed by atoms with Gasteiger partial charge in [0.15, 0.2) is 11.5 Å². The third-order valence-corrected chi connectivity index (χ3v) is 5.83. The van der Waals surface area contributed by atoms with Gasteiger partial charge in [0.1, 0.15) is 0 Å². The molecule has 1 aliphatic rings. The summed E-state index contributed by atoms with van der Waals surface area (Å²) < 4.78 is 11.1. The Hall–Kier alpha value is -3.27. The summed E-state index contributed by atoms with van der Waals surface area (Å²) in [5.74, 6) is 1.70. The van der Waals surface area contributed by atoms with Gasteiger partial charge in [-0.05, 0) is 40.8 Å². The zero-order chi connectivity index (χ0) is 20.9. The molecular formula is C26H27NO3. The fourth-order valence-corrected chi connectivity index (χ4v) is 4.22. The maximum absolute atomic E-state index is 13.2. The molecule has 3 aromatic rings. The van der Waals surface area contributed by atoms with Crippen molar-refractivity contribution in [2.45, 2.75) is 18.8 Å². The van der Waals surface area contributed by atoms with Crippen LogP contribution in [-0.4, -0.2) is 38.1 Å². The Morgan fingerprint density at radius 3 is 2.23 bits per heavy atom. The molecule has 1 atom stereocenters. The van der Waals surface area contributed by atoms with Gasteiger partial charge >= 0.3 is 0 Å². The van der Waals surface area contributed by atoms with Crippen molar-refractivity contribution in [2.24, 2.45) is 0 Å². The first-order valence-corrected chi connectivity index (χ1v) is 10.3. The molecule has 1 aliphatic heterocycles. The number of rotatable bonds is 5. The zero-order valence-electron chi connectivity index (χ0n) is 17.5. The Kier molecular flexibility index (Phi) is 6.03. The topological polar surface area (TPSA) is 38.8 Å². The molecule has 0 fully saturated rings. The zero-order valence-corrected chi connectivity index (χ0v) is 17.5. The van der Waals surface area contributed by atoms with Crippen LogP contribution in [0.15, 0.2) is 72.8 Å². The lowest BCUT2D eigenvalue weighted by Crippen LogP contribution is -2.36. The molecule has 0 radical (unpaired) electrons. The first kappa shape index (κ1) is 20.0. The Morgan fingerprint density at radius 1 is 0.933 bits per heavy atom. The first-order chi connectivity index (χ1) is 14.7. The van der Waals surface area contributed by atoms with Crippen molar-refractivity contribution in [1.29, 1.82) is 0 Å². The van der Waals surface area contributed by atoms with Crippen LogP contribution in [0.4, 0.5) is 0 Å². The maximum Gasteiger partial charge on any atom is 0.227 e. The second-order valence-corrected chi connectivity index (χ2v) is 7.62. The number of carbonyl (C=O) groups is 1. The first-order valence-electron chi connectivity index (χ1n) is 10.3. The smallest absolute Gasteiger partial charge is 0.227 e. The molecule has 0 aliphatic carbocycles. The van der Waals surface area contributed by atoms with Crippen LogP contribution in [0.3, 0.4) is 0 Å². The Labute approximate surface area is 178 Å². The van der Waals surface area contributed by atoms with E-state index in [1.807, 2.05) is 41.3 Å². The van der Waals surface area contributed by atoms with Crippen LogP contribution >= 0.6 is 0 Å². The van der Waals surface area contributed by atoms with Gasteiger partial charge in [-0.15, -0.1) is 0 Å². The highest BCUT2D eigenvalue weighted by Gasteiger charge is 2.28. The van der Waals surface area contributed by atoms with Crippen molar-refractivity contribution in [3.05, 3.63) is 95.1 Å². The molecule has 4 heteroatoms. The highest BCUT2D eigenvalue weighted by molar-refractivity contribution is 5.79. The number of fused-ring (bicyclic) bond motifs is 1. The number of methoxy groups -OCH3 is 2. The second-order valence-electron chi connectivity index (χ2n) is 7.62. The van der Waals surface area contributed by atoms with Gasteiger partial charge in [-0.25, -0.2) is 0 Å². The molecular weight excluding hydrogens is 374 g/mol. The number of amides is 1. The van der Waals surface area contributed by atoms with Crippen LogP contribution in [-0.2, 0) is 17.6 Å². The lowest BCUT2D eigenvalue weighted by atomic mass is 9.87. The SMILES string of the molecule is COc1cc2c(cc1OC)C(c1ccccc1)CN(C(=O)Cc1ccccc1)CC2. The van der Waals surface area contributed by atoms with Gasteiger partial charge in [0.05, 0.1) is 20.6 Å². The number of nitrogens with zero attached hydrogens (tertiary/aromatic N) is 1. The predicted octanol–water partition coefficient (Wildman–Crippen LogP) is 4.46. The third kappa shape index (κ3) is 4.18. The van der Waals surface area contributed by atoms with Gasteiger partial charge in [0.25, 0.3) is 0 Å². The van der Waals surface area contributed by atoms with Gasteiger partial charge in [0.2, 0.25) is 5.91 Å². The average molecular weight is 402 g/mol. The molecule has 0 saturated carbocycles. The van der Waals surface area contributed by atoms with Crippen molar-refractivity contribution in [3.8, 4) is 11.5 Å².